The van der Waals surface area contributed by atoms with E-state index in [0.29, 0.717) is 11.3 Å². The van der Waals surface area contributed by atoms with Crippen molar-refractivity contribution in [3.05, 3.63) is 132 Å². The number of hydrogen-bond acceptors (Lipinski definition) is 2. The second-order valence-electron chi connectivity index (χ2n) is 7.41. The van der Waals surface area contributed by atoms with Crippen molar-refractivity contribution >= 4 is 28.2 Å². The molecule has 2 aromatic heterocycles. The fraction of sp³-hybridized carbons (Fsp3) is 0.125. The smallest absolute Gasteiger partial charge is 0.811 e. The van der Waals surface area contributed by atoms with Gasteiger partial charge in [0.1, 0.15) is 5.58 Å². The molecule has 0 saturated carbocycles. The van der Waals surface area contributed by atoms with E-state index >= 15 is 0 Å². The molecule has 36 heavy (non-hydrogen) atoms. The van der Waals surface area contributed by atoms with Crippen LogP contribution in [0.15, 0.2) is 114 Å². The molecule has 0 aliphatic heterocycles. The minimum Gasteiger partial charge on any atom is -0.811 e. The number of furan rings is 1. The van der Waals surface area contributed by atoms with Crippen LogP contribution in [0.25, 0.3) is 38.6 Å². The Labute approximate surface area is 240 Å². The molecule has 0 N–H and O–H groups in total. The van der Waals surface area contributed by atoms with Gasteiger partial charge in [-0.15, -0.1) is 18.2 Å². The van der Waals surface area contributed by atoms with E-state index in [1.165, 1.54) is 12.1 Å². The van der Waals surface area contributed by atoms with E-state index in [2.05, 4.69) is 37.5 Å². The van der Waals surface area contributed by atoms with Crippen molar-refractivity contribution in [2.75, 3.05) is 0 Å². The van der Waals surface area contributed by atoms with Gasteiger partial charge in [-0.1, -0.05) is 67.2 Å². The molecule has 0 bridgehead atoms. The van der Waals surface area contributed by atoms with Crippen LogP contribution >= 0.6 is 0 Å². The molecule has 0 amide bonds. The van der Waals surface area contributed by atoms with Crippen molar-refractivity contribution in [1.29, 1.82) is 0 Å². The first kappa shape index (κ1) is 17.8. The van der Waals surface area contributed by atoms with Crippen molar-refractivity contribution < 1.29 is 36.9 Å². The number of benzene rings is 3. The molecule has 0 fully saturated rings. The molecule has 4 heteroatoms. The van der Waals surface area contributed by atoms with Crippen LogP contribution in [0.2, 0.25) is 0 Å². The third-order valence-corrected chi connectivity index (χ3v) is 4.72. The van der Waals surface area contributed by atoms with Crippen molar-refractivity contribution in [3.8, 4) is 11.3 Å². The fourth-order valence-corrected chi connectivity index (χ4v) is 3.03. The molecule has 0 unspecified atom stereocenters. The van der Waals surface area contributed by atoms with E-state index in [-0.39, 0.29) is 66.2 Å². The molecule has 5 aromatic rings. The molecule has 0 spiro atoms. The number of allylic oxidation sites excluding steroid dienone is 3. The number of rotatable bonds is 4. The third kappa shape index (κ3) is 7.71. The van der Waals surface area contributed by atoms with E-state index in [1.54, 1.807) is 12.2 Å². The van der Waals surface area contributed by atoms with Crippen LogP contribution in [-0.4, -0.2) is 11.2 Å². The normalized spacial score (nSPS) is 14.4. The van der Waals surface area contributed by atoms with Crippen molar-refractivity contribution in [2.45, 2.75) is 20.7 Å². The zero-order valence-electron chi connectivity index (χ0n) is 28.8. The van der Waals surface area contributed by atoms with Gasteiger partial charge < -0.3 is 14.8 Å². The van der Waals surface area contributed by atoms with Crippen LogP contribution in [0, 0.1) is 24.9 Å². The standard InChI is InChI=1S/C18H12NO.C8H12N.C6H5.Ir/c1-12-8-9-17-15(11-12)13-5-4-6-14(18(13)20-17)16-7-2-3-10-19-16;1-4-8(5-6-9)7(2)3;1-2-4-6-5-3-1;/h2-5,7-11H,1H3;4-7H,1H2,2-3H3;1-5H;/q3*-1;+3/b;8-5+;;/i1D3,2D,7D,8D,9D,10D,11D;;;. The fourth-order valence-electron chi connectivity index (χ4n) is 3.03. The largest absolute Gasteiger partial charge is 3.00 e. The maximum absolute atomic E-state index is 8.37. The number of aromatic nitrogens is 1. The predicted octanol–water partition coefficient (Wildman–Crippen LogP) is 8.64. The van der Waals surface area contributed by atoms with Gasteiger partial charge in [0, 0.05) is 15.7 Å². The van der Waals surface area contributed by atoms with Crippen LogP contribution in [-0.2, 0) is 20.1 Å². The summed E-state index contributed by atoms with van der Waals surface area (Å²) in [5, 5.41) is 8.75. The SMILES string of the molecule is C=C/C(=C\C=[N-])C(C)C.[2H]c1cc([2H])c([2H])c(-c2[c-]ccc3c2oc2c([2H])c([2H])c(C([2H])([2H])[2H])c([2H])c23)n1.[Ir+3].[c-]1ccccc1. The third-order valence-electron chi connectivity index (χ3n) is 4.72. The quantitative estimate of drug-likeness (QED) is 0.110. The molecule has 182 valence electrons. The van der Waals surface area contributed by atoms with Crippen molar-refractivity contribution in [2.24, 2.45) is 5.92 Å². The minimum atomic E-state index is -2.75. The van der Waals surface area contributed by atoms with Gasteiger partial charge in [0.2, 0.25) is 0 Å². The van der Waals surface area contributed by atoms with E-state index in [0.717, 1.165) is 17.9 Å². The summed E-state index contributed by atoms with van der Waals surface area (Å²) < 4.78 is 76.9. The zero-order chi connectivity index (χ0) is 32.8. The number of hydrogen-bond donors (Lipinski definition) is 0. The van der Waals surface area contributed by atoms with E-state index in [4.69, 9.17) is 22.2 Å². The first-order chi connectivity index (χ1) is 20.7. The first-order valence-electron chi connectivity index (χ1n) is 15.3. The Morgan fingerprint density at radius 2 is 1.94 bits per heavy atom. The Morgan fingerprint density at radius 1 is 1.14 bits per heavy atom. The summed E-state index contributed by atoms with van der Waals surface area (Å²) in [6.07, 6.45) is 4.22. The molecule has 0 radical (unpaired) electrons. The van der Waals surface area contributed by atoms with Gasteiger partial charge in [0.05, 0.1) is 13.8 Å². The summed E-state index contributed by atoms with van der Waals surface area (Å²) in [4.78, 5) is 3.99. The Bertz CT molecular complexity index is 1810. The van der Waals surface area contributed by atoms with E-state index in [9.17, 15) is 0 Å². The molecule has 0 atom stereocenters. The van der Waals surface area contributed by atoms with Crippen molar-refractivity contribution in [1.82, 2.24) is 4.98 Å². The molecule has 0 saturated heterocycles. The molecule has 3 aromatic carbocycles. The second kappa shape index (κ2) is 14.7. The minimum absolute atomic E-state index is 0. The number of nitrogens with zero attached hydrogens (tertiary/aromatic N) is 2. The summed E-state index contributed by atoms with van der Waals surface area (Å²) in [5.74, 6) is 0.436. The summed E-state index contributed by atoms with van der Waals surface area (Å²) in [6.45, 7) is 4.96. The zero-order valence-corrected chi connectivity index (χ0v) is 22.2. The Kier molecular flexibility index (Phi) is 7.27. The summed E-state index contributed by atoms with van der Waals surface area (Å²) in [7, 11) is 0. The van der Waals surface area contributed by atoms with Gasteiger partial charge in [0.15, 0.2) is 0 Å². The summed E-state index contributed by atoms with van der Waals surface area (Å²) >= 11 is 0. The Morgan fingerprint density at radius 3 is 2.53 bits per heavy atom. The molecule has 5 rings (SSSR count). The Balaban J connectivity index is 0.000000364. The van der Waals surface area contributed by atoms with Crippen LogP contribution in [0.1, 0.15) is 31.7 Å². The predicted molar refractivity (Wildman–Crippen MR) is 148 cm³/mol. The van der Waals surface area contributed by atoms with Gasteiger partial charge in [-0.25, -0.2) is 0 Å². The second-order valence-corrected chi connectivity index (χ2v) is 7.41. The van der Waals surface area contributed by atoms with Crippen LogP contribution in [0.4, 0.5) is 0 Å². The number of pyridine rings is 1. The average Bonchev–Trinajstić information content (AvgIpc) is 3.38. The Hall–Kier alpha value is -3.59. The van der Waals surface area contributed by atoms with Gasteiger partial charge in [0.25, 0.3) is 0 Å². The van der Waals surface area contributed by atoms with Gasteiger partial charge >= 0.3 is 20.1 Å². The molecule has 0 aliphatic rings. The van der Waals surface area contributed by atoms with Gasteiger partial charge in [-0.3, -0.25) is 0 Å². The van der Waals surface area contributed by atoms with E-state index in [1.807, 2.05) is 30.3 Å². The van der Waals surface area contributed by atoms with Crippen molar-refractivity contribution in [3.63, 3.8) is 0 Å². The maximum Gasteiger partial charge on any atom is 3.00 e. The first-order valence-corrected chi connectivity index (χ1v) is 10.8. The topological polar surface area (TPSA) is 48.3 Å². The van der Waals surface area contributed by atoms with Gasteiger partial charge in [-0.2, -0.15) is 42.6 Å². The molecular formula is C32H29IrN2O. The maximum atomic E-state index is 8.37. The summed E-state index contributed by atoms with van der Waals surface area (Å²) in [5.41, 5.74) is 0.631. The molecule has 2 heterocycles. The van der Waals surface area contributed by atoms with Gasteiger partial charge in [-0.05, 0) is 42.2 Å². The molecule has 3 nitrogen and oxygen atoms in total. The summed E-state index contributed by atoms with van der Waals surface area (Å²) in [6, 6.07) is 17.6. The van der Waals surface area contributed by atoms with Crippen LogP contribution in [0.5, 0.6) is 0 Å². The molecular weight excluding hydrogens is 621 g/mol. The monoisotopic (exact) mass is 659 g/mol. The van der Waals surface area contributed by atoms with Crippen LogP contribution in [0.3, 0.4) is 0 Å². The number of fused-ring (bicyclic) bond motifs is 3. The molecule has 0 aliphatic carbocycles. The van der Waals surface area contributed by atoms with E-state index < -0.39 is 30.5 Å². The average molecular weight is 659 g/mol. The van der Waals surface area contributed by atoms with Crippen LogP contribution < -0.4 is 0 Å².